The van der Waals surface area contributed by atoms with Crippen molar-refractivity contribution in [1.82, 2.24) is 9.03 Å². The molecule has 0 spiro atoms. The SMILES string of the molecule is NC(=O)NC(=O)N(SCc1ccccc1)SCc1ccccc1. The quantitative estimate of drug-likeness (QED) is 0.780. The van der Waals surface area contributed by atoms with Crippen LogP contribution in [0.15, 0.2) is 60.7 Å². The van der Waals surface area contributed by atoms with Gasteiger partial charge in [-0.25, -0.2) is 13.3 Å². The second-order valence-electron chi connectivity index (χ2n) is 4.57. The van der Waals surface area contributed by atoms with Gasteiger partial charge in [0.15, 0.2) is 0 Å². The highest BCUT2D eigenvalue weighted by molar-refractivity contribution is 8.12. The number of nitrogens with zero attached hydrogens (tertiary/aromatic N) is 1. The molecule has 0 fully saturated rings. The van der Waals surface area contributed by atoms with Gasteiger partial charge in [0.1, 0.15) is 0 Å². The smallest absolute Gasteiger partial charge is 0.345 e. The summed E-state index contributed by atoms with van der Waals surface area (Å²) < 4.78 is 1.45. The third kappa shape index (κ3) is 6.25. The highest BCUT2D eigenvalue weighted by atomic mass is 32.2. The number of amides is 4. The molecule has 0 atom stereocenters. The number of benzene rings is 2. The Morgan fingerprint density at radius 1 is 0.870 bits per heavy atom. The lowest BCUT2D eigenvalue weighted by molar-refractivity contribution is 0.230. The number of primary amides is 1. The molecule has 3 N–H and O–H groups in total. The Hall–Kier alpha value is -2.12. The standard InChI is InChI=1S/C16H17N3O2S2/c17-15(20)18-16(21)19(22-11-13-7-3-1-4-8-13)23-12-14-9-5-2-6-10-14/h1-10H,11-12H2,(H3,17,18,20,21). The highest BCUT2D eigenvalue weighted by Gasteiger charge is 2.17. The van der Waals surface area contributed by atoms with Gasteiger partial charge in [0.05, 0.1) is 0 Å². The van der Waals surface area contributed by atoms with Gasteiger partial charge < -0.3 is 5.73 Å². The van der Waals surface area contributed by atoms with Crippen molar-refractivity contribution in [1.29, 1.82) is 0 Å². The maximum absolute atomic E-state index is 12.1. The van der Waals surface area contributed by atoms with Crippen LogP contribution in [0.2, 0.25) is 0 Å². The van der Waals surface area contributed by atoms with Crippen molar-refractivity contribution in [3.63, 3.8) is 0 Å². The Balaban J connectivity index is 1.96. The van der Waals surface area contributed by atoms with Crippen LogP contribution in [-0.2, 0) is 11.5 Å². The Morgan fingerprint density at radius 2 is 1.30 bits per heavy atom. The van der Waals surface area contributed by atoms with Crippen molar-refractivity contribution in [2.45, 2.75) is 11.5 Å². The van der Waals surface area contributed by atoms with E-state index in [-0.39, 0.29) is 0 Å². The molecule has 0 radical (unpaired) electrons. The summed E-state index contributed by atoms with van der Waals surface area (Å²) in [7, 11) is 0. The van der Waals surface area contributed by atoms with Crippen LogP contribution in [-0.4, -0.2) is 15.8 Å². The van der Waals surface area contributed by atoms with Crippen LogP contribution < -0.4 is 11.1 Å². The lowest BCUT2D eigenvalue weighted by Crippen LogP contribution is -2.39. The molecule has 7 heteroatoms. The zero-order valence-corrected chi connectivity index (χ0v) is 14.0. The van der Waals surface area contributed by atoms with E-state index >= 15 is 0 Å². The summed E-state index contributed by atoms with van der Waals surface area (Å²) in [6.45, 7) is 0. The summed E-state index contributed by atoms with van der Waals surface area (Å²) in [5, 5.41) is 2.10. The average molecular weight is 347 g/mol. The van der Waals surface area contributed by atoms with Gasteiger partial charge in [-0.05, 0) is 35.0 Å². The van der Waals surface area contributed by atoms with Gasteiger partial charge in [-0.15, -0.1) is 0 Å². The molecule has 2 rings (SSSR count). The minimum Gasteiger partial charge on any atom is -0.351 e. The molecule has 5 nitrogen and oxygen atoms in total. The van der Waals surface area contributed by atoms with E-state index in [2.05, 4.69) is 5.32 Å². The molecular formula is C16H17N3O2S2. The van der Waals surface area contributed by atoms with Crippen molar-refractivity contribution in [3.05, 3.63) is 71.8 Å². The first kappa shape index (κ1) is 17.2. The van der Waals surface area contributed by atoms with Crippen molar-refractivity contribution in [3.8, 4) is 0 Å². The molecule has 0 aliphatic heterocycles. The topological polar surface area (TPSA) is 75.4 Å². The van der Waals surface area contributed by atoms with Gasteiger partial charge >= 0.3 is 12.1 Å². The predicted molar refractivity (Wildman–Crippen MR) is 95.4 cm³/mol. The Kier molecular flexibility index (Phi) is 6.83. The van der Waals surface area contributed by atoms with Crippen LogP contribution in [0.4, 0.5) is 9.59 Å². The molecule has 2 aromatic carbocycles. The van der Waals surface area contributed by atoms with E-state index in [1.807, 2.05) is 60.7 Å². The zero-order valence-electron chi connectivity index (χ0n) is 12.3. The number of rotatable bonds is 6. The van der Waals surface area contributed by atoms with Gasteiger partial charge in [0, 0.05) is 11.5 Å². The number of imide groups is 1. The molecule has 120 valence electrons. The molecule has 23 heavy (non-hydrogen) atoms. The van der Waals surface area contributed by atoms with Gasteiger partial charge in [0.2, 0.25) is 0 Å². The Bertz CT molecular complexity index is 595. The third-order valence-electron chi connectivity index (χ3n) is 2.78. The Labute approximate surface area is 143 Å². The normalized spacial score (nSPS) is 10.1. The molecule has 0 saturated heterocycles. The average Bonchev–Trinajstić information content (AvgIpc) is 2.56. The minimum absolute atomic E-state index is 0.528. The number of hydrogen-bond donors (Lipinski definition) is 2. The van der Waals surface area contributed by atoms with Gasteiger partial charge in [0.25, 0.3) is 0 Å². The first-order chi connectivity index (χ1) is 11.1. The largest absolute Gasteiger partial charge is 0.351 e. The third-order valence-corrected chi connectivity index (χ3v) is 5.14. The number of carbonyl (C=O) groups is 2. The van der Waals surface area contributed by atoms with Crippen LogP contribution in [0.1, 0.15) is 11.1 Å². The van der Waals surface area contributed by atoms with E-state index in [1.165, 1.54) is 27.6 Å². The van der Waals surface area contributed by atoms with Gasteiger partial charge in [-0.1, -0.05) is 60.7 Å². The molecule has 0 heterocycles. The molecule has 0 aromatic heterocycles. The summed E-state index contributed by atoms with van der Waals surface area (Å²) >= 11 is 2.64. The molecule has 0 saturated carbocycles. The first-order valence-corrected chi connectivity index (χ1v) is 8.78. The fourth-order valence-corrected chi connectivity index (χ4v) is 3.58. The maximum atomic E-state index is 12.1. The van der Waals surface area contributed by atoms with Gasteiger partial charge in [-0.3, -0.25) is 5.32 Å². The molecule has 0 bridgehead atoms. The highest BCUT2D eigenvalue weighted by Crippen LogP contribution is 2.28. The van der Waals surface area contributed by atoms with Crippen LogP contribution in [0.5, 0.6) is 0 Å². The summed E-state index contributed by atoms with van der Waals surface area (Å²) in [5.74, 6) is 1.24. The summed E-state index contributed by atoms with van der Waals surface area (Å²) in [6, 6.07) is 18.2. The summed E-state index contributed by atoms with van der Waals surface area (Å²) in [4.78, 5) is 23.0. The predicted octanol–water partition coefficient (Wildman–Crippen LogP) is 3.77. The molecule has 0 aliphatic carbocycles. The van der Waals surface area contributed by atoms with Crippen LogP contribution in [0.25, 0.3) is 0 Å². The lowest BCUT2D eigenvalue weighted by Gasteiger charge is -2.19. The van der Waals surface area contributed by atoms with Crippen molar-refractivity contribution in [2.75, 3.05) is 0 Å². The Morgan fingerprint density at radius 3 is 1.70 bits per heavy atom. The number of nitrogens with two attached hydrogens (primary N) is 1. The number of hydrogen-bond acceptors (Lipinski definition) is 4. The number of carbonyl (C=O) groups excluding carboxylic acids is 2. The van der Waals surface area contributed by atoms with Crippen molar-refractivity contribution >= 4 is 36.0 Å². The van der Waals surface area contributed by atoms with E-state index in [1.54, 1.807) is 0 Å². The number of urea groups is 2. The van der Waals surface area contributed by atoms with E-state index in [0.29, 0.717) is 11.5 Å². The lowest BCUT2D eigenvalue weighted by atomic mass is 10.2. The van der Waals surface area contributed by atoms with Gasteiger partial charge in [-0.2, -0.15) is 0 Å². The van der Waals surface area contributed by atoms with E-state index < -0.39 is 12.1 Å². The van der Waals surface area contributed by atoms with E-state index in [9.17, 15) is 9.59 Å². The molecular weight excluding hydrogens is 330 g/mol. The maximum Gasteiger partial charge on any atom is 0.345 e. The summed E-state index contributed by atoms with van der Waals surface area (Å²) in [6.07, 6.45) is 0. The fourth-order valence-electron chi connectivity index (χ4n) is 1.72. The first-order valence-electron chi connectivity index (χ1n) is 6.89. The van der Waals surface area contributed by atoms with Crippen molar-refractivity contribution < 1.29 is 9.59 Å². The van der Waals surface area contributed by atoms with Crippen LogP contribution in [0, 0.1) is 0 Å². The van der Waals surface area contributed by atoms with Crippen LogP contribution >= 0.6 is 23.9 Å². The fraction of sp³-hybridized carbons (Fsp3) is 0.125. The monoisotopic (exact) mass is 347 g/mol. The molecule has 4 amide bonds. The van der Waals surface area contributed by atoms with Crippen LogP contribution in [0.3, 0.4) is 0 Å². The van der Waals surface area contributed by atoms with Crippen molar-refractivity contribution in [2.24, 2.45) is 5.73 Å². The zero-order chi connectivity index (χ0) is 16.5. The molecule has 0 unspecified atom stereocenters. The minimum atomic E-state index is -0.861. The second kappa shape index (κ2) is 9.12. The number of nitrogens with one attached hydrogen (secondary N) is 1. The van der Waals surface area contributed by atoms with E-state index in [0.717, 1.165) is 11.1 Å². The second-order valence-corrected chi connectivity index (χ2v) is 6.62. The summed E-state index contributed by atoms with van der Waals surface area (Å²) in [5.41, 5.74) is 7.21. The molecule has 2 aromatic rings. The molecule has 0 aliphatic rings. The van der Waals surface area contributed by atoms with E-state index in [4.69, 9.17) is 5.73 Å².